The van der Waals surface area contributed by atoms with Crippen LogP contribution in [0.4, 0.5) is 4.79 Å². The molecule has 2 heterocycles. The van der Waals surface area contributed by atoms with Gasteiger partial charge in [0, 0.05) is 47.3 Å². The van der Waals surface area contributed by atoms with Crippen molar-refractivity contribution in [1.82, 2.24) is 20.1 Å². The first-order valence-corrected chi connectivity index (χ1v) is 10.5. The largest absolute Gasteiger partial charge is 0.357 e. The number of benzene rings is 2. The van der Waals surface area contributed by atoms with Crippen molar-refractivity contribution in [3.63, 3.8) is 0 Å². The van der Waals surface area contributed by atoms with E-state index in [4.69, 9.17) is 11.6 Å². The Balaban J connectivity index is 1.35. The first-order valence-electron chi connectivity index (χ1n) is 10.1. The number of aromatic amines is 1. The number of nitrogens with zero attached hydrogens (tertiary/aromatic N) is 2. The number of aromatic nitrogens is 1. The van der Waals surface area contributed by atoms with Crippen molar-refractivity contribution in [2.75, 3.05) is 20.1 Å². The molecule has 7 heteroatoms. The number of nitrogens with one attached hydrogen (secondary N) is 2. The van der Waals surface area contributed by atoms with E-state index in [1.165, 1.54) is 0 Å². The van der Waals surface area contributed by atoms with E-state index in [0.717, 1.165) is 36.0 Å². The highest BCUT2D eigenvalue weighted by atomic mass is 35.5. The summed E-state index contributed by atoms with van der Waals surface area (Å²) >= 11 is 6.04. The van der Waals surface area contributed by atoms with E-state index in [9.17, 15) is 9.59 Å². The van der Waals surface area contributed by atoms with Crippen molar-refractivity contribution >= 4 is 34.4 Å². The van der Waals surface area contributed by atoms with Gasteiger partial charge in [-0.2, -0.15) is 0 Å². The van der Waals surface area contributed by atoms with Crippen molar-refractivity contribution in [3.8, 4) is 0 Å². The molecule has 1 atom stereocenters. The lowest BCUT2D eigenvalue weighted by atomic mass is 10.0. The van der Waals surface area contributed by atoms with Crippen LogP contribution in [-0.2, 0) is 6.54 Å². The molecule has 3 aromatic rings. The molecule has 2 N–H and O–H groups in total. The predicted molar refractivity (Wildman–Crippen MR) is 119 cm³/mol. The van der Waals surface area contributed by atoms with Gasteiger partial charge in [0.1, 0.15) is 0 Å². The fourth-order valence-electron chi connectivity index (χ4n) is 3.94. The second kappa shape index (κ2) is 8.79. The molecule has 0 bridgehead atoms. The SMILES string of the molecule is CN(C(=O)NCc1cc2cc(Cl)ccc2[nH]1)[C@@H]1CCCN(C(=O)c2ccccc2)C1. The number of urea groups is 1. The molecule has 3 amide bonds. The smallest absolute Gasteiger partial charge is 0.317 e. The number of carbonyl (C=O) groups is 2. The van der Waals surface area contributed by atoms with Gasteiger partial charge in [0.25, 0.3) is 5.91 Å². The summed E-state index contributed by atoms with van der Waals surface area (Å²) in [4.78, 5) is 32.3. The number of likely N-dealkylation sites (N-methyl/N-ethyl adjacent to an activating group) is 1. The van der Waals surface area contributed by atoms with Crippen LogP contribution in [0.2, 0.25) is 5.02 Å². The van der Waals surface area contributed by atoms with E-state index < -0.39 is 0 Å². The second-order valence-electron chi connectivity index (χ2n) is 7.71. The molecule has 1 aromatic heterocycles. The fraction of sp³-hybridized carbons (Fsp3) is 0.304. The number of rotatable bonds is 4. The number of halogens is 1. The molecule has 1 saturated heterocycles. The first kappa shape index (κ1) is 20.3. The Hall–Kier alpha value is -2.99. The second-order valence-corrected chi connectivity index (χ2v) is 8.15. The van der Waals surface area contributed by atoms with Crippen molar-refractivity contribution in [2.24, 2.45) is 0 Å². The van der Waals surface area contributed by atoms with Crippen LogP contribution in [0, 0.1) is 0 Å². The van der Waals surface area contributed by atoms with Gasteiger partial charge >= 0.3 is 6.03 Å². The van der Waals surface area contributed by atoms with Gasteiger partial charge in [0.15, 0.2) is 0 Å². The molecule has 0 unspecified atom stereocenters. The predicted octanol–water partition coefficient (Wildman–Crippen LogP) is 4.27. The van der Waals surface area contributed by atoms with E-state index in [0.29, 0.717) is 23.7 Å². The van der Waals surface area contributed by atoms with Gasteiger partial charge in [-0.15, -0.1) is 0 Å². The fourth-order valence-corrected chi connectivity index (χ4v) is 4.12. The molecular weight excluding hydrogens is 400 g/mol. The zero-order valence-electron chi connectivity index (χ0n) is 16.9. The topological polar surface area (TPSA) is 68.4 Å². The Kier molecular flexibility index (Phi) is 5.95. The Morgan fingerprint density at radius 3 is 2.80 bits per heavy atom. The third kappa shape index (κ3) is 4.44. The average Bonchev–Trinajstić information content (AvgIpc) is 3.19. The summed E-state index contributed by atoms with van der Waals surface area (Å²) in [6.45, 7) is 1.66. The molecular formula is C23H25ClN4O2. The van der Waals surface area contributed by atoms with Gasteiger partial charge in [-0.1, -0.05) is 29.8 Å². The molecule has 2 aromatic carbocycles. The lowest BCUT2D eigenvalue weighted by Gasteiger charge is -2.37. The molecule has 4 rings (SSSR count). The number of carbonyl (C=O) groups excluding carboxylic acids is 2. The zero-order chi connectivity index (χ0) is 21.1. The minimum absolute atomic E-state index is 0.00654. The number of hydrogen-bond acceptors (Lipinski definition) is 2. The minimum Gasteiger partial charge on any atom is -0.357 e. The zero-order valence-corrected chi connectivity index (χ0v) is 17.7. The number of likely N-dealkylation sites (tertiary alicyclic amines) is 1. The van der Waals surface area contributed by atoms with Crippen LogP contribution < -0.4 is 5.32 Å². The van der Waals surface area contributed by atoms with Crippen molar-refractivity contribution in [3.05, 3.63) is 70.9 Å². The maximum Gasteiger partial charge on any atom is 0.317 e. The summed E-state index contributed by atoms with van der Waals surface area (Å²) in [5.41, 5.74) is 2.59. The van der Waals surface area contributed by atoms with Gasteiger partial charge in [0.2, 0.25) is 0 Å². The molecule has 0 aliphatic carbocycles. The standard InChI is InChI=1S/C23H25ClN4O2/c1-27(20-8-5-11-28(15-20)22(29)16-6-3-2-4-7-16)23(30)25-14-19-13-17-12-18(24)9-10-21(17)26-19/h2-4,6-7,9-10,12-13,20,26H,5,8,11,14-15H2,1H3,(H,25,30)/t20-/m1/s1. The van der Waals surface area contributed by atoms with E-state index in [-0.39, 0.29) is 18.0 Å². The Morgan fingerprint density at radius 2 is 2.00 bits per heavy atom. The number of amides is 3. The Morgan fingerprint density at radius 1 is 1.20 bits per heavy atom. The lowest BCUT2D eigenvalue weighted by molar-refractivity contribution is 0.0636. The monoisotopic (exact) mass is 424 g/mol. The van der Waals surface area contributed by atoms with Crippen LogP contribution >= 0.6 is 11.6 Å². The minimum atomic E-state index is -0.148. The van der Waals surface area contributed by atoms with Gasteiger partial charge in [0.05, 0.1) is 12.6 Å². The van der Waals surface area contributed by atoms with E-state index in [2.05, 4.69) is 10.3 Å². The van der Waals surface area contributed by atoms with Gasteiger partial charge in [-0.25, -0.2) is 4.79 Å². The van der Waals surface area contributed by atoms with Gasteiger partial charge < -0.3 is 20.1 Å². The highest BCUT2D eigenvalue weighted by molar-refractivity contribution is 6.31. The molecule has 1 aliphatic heterocycles. The molecule has 6 nitrogen and oxygen atoms in total. The molecule has 1 aliphatic rings. The highest BCUT2D eigenvalue weighted by Crippen LogP contribution is 2.20. The molecule has 0 saturated carbocycles. The number of fused-ring (bicyclic) bond motifs is 1. The summed E-state index contributed by atoms with van der Waals surface area (Å²) in [6.07, 6.45) is 1.76. The van der Waals surface area contributed by atoms with Crippen LogP contribution in [0.25, 0.3) is 10.9 Å². The van der Waals surface area contributed by atoms with Crippen LogP contribution in [0.3, 0.4) is 0 Å². The van der Waals surface area contributed by atoms with Crippen LogP contribution in [0.1, 0.15) is 28.9 Å². The van der Waals surface area contributed by atoms with E-state index in [1.54, 1.807) is 11.9 Å². The van der Waals surface area contributed by atoms with Gasteiger partial charge in [-0.3, -0.25) is 4.79 Å². The van der Waals surface area contributed by atoms with Crippen molar-refractivity contribution in [1.29, 1.82) is 0 Å². The molecule has 0 spiro atoms. The van der Waals surface area contributed by atoms with Crippen LogP contribution in [-0.4, -0.2) is 52.9 Å². The summed E-state index contributed by atoms with van der Waals surface area (Å²) in [7, 11) is 1.79. The number of H-pyrrole nitrogens is 1. The normalized spacial score (nSPS) is 16.5. The maximum absolute atomic E-state index is 12.8. The number of hydrogen-bond donors (Lipinski definition) is 2. The van der Waals surface area contributed by atoms with Crippen molar-refractivity contribution < 1.29 is 9.59 Å². The Bertz CT molecular complexity index is 1050. The van der Waals surface area contributed by atoms with E-state index >= 15 is 0 Å². The van der Waals surface area contributed by atoms with Crippen molar-refractivity contribution in [2.45, 2.75) is 25.4 Å². The Labute approximate surface area is 180 Å². The first-order chi connectivity index (χ1) is 14.5. The lowest BCUT2D eigenvalue weighted by Crippen LogP contribution is -2.52. The summed E-state index contributed by atoms with van der Waals surface area (Å²) < 4.78 is 0. The maximum atomic E-state index is 12.8. The average molecular weight is 425 g/mol. The quantitative estimate of drug-likeness (QED) is 0.656. The molecule has 1 fully saturated rings. The summed E-state index contributed by atoms with van der Waals surface area (Å²) in [5, 5.41) is 4.67. The third-order valence-electron chi connectivity index (χ3n) is 5.64. The molecule has 0 radical (unpaired) electrons. The van der Waals surface area contributed by atoms with Crippen LogP contribution in [0.15, 0.2) is 54.6 Å². The van der Waals surface area contributed by atoms with Crippen LogP contribution in [0.5, 0.6) is 0 Å². The molecule has 156 valence electrons. The van der Waals surface area contributed by atoms with Gasteiger partial charge in [-0.05, 0) is 49.2 Å². The highest BCUT2D eigenvalue weighted by Gasteiger charge is 2.29. The summed E-state index contributed by atoms with van der Waals surface area (Å²) in [5.74, 6) is 0.0193. The van der Waals surface area contributed by atoms with E-state index in [1.807, 2.05) is 59.5 Å². The third-order valence-corrected chi connectivity index (χ3v) is 5.88. The molecule has 30 heavy (non-hydrogen) atoms. The number of piperidine rings is 1. The summed E-state index contributed by atoms with van der Waals surface area (Å²) in [6, 6.07) is 16.8.